The molecule has 1 atom stereocenters. The van der Waals surface area contributed by atoms with E-state index in [0.717, 1.165) is 12.1 Å². The van der Waals surface area contributed by atoms with Gasteiger partial charge in [-0.15, -0.1) is 0 Å². The summed E-state index contributed by atoms with van der Waals surface area (Å²) >= 11 is 3.31. The second-order valence-electron chi connectivity index (χ2n) is 7.35. The van der Waals surface area contributed by atoms with Crippen LogP contribution >= 0.6 is 45.2 Å². The summed E-state index contributed by atoms with van der Waals surface area (Å²) in [4.78, 5) is 24.0. The summed E-state index contributed by atoms with van der Waals surface area (Å²) in [6, 6.07) is 1.93. The summed E-state index contributed by atoms with van der Waals surface area (Å²) in [6.07, 6.45) is -9.91. The van der Waals surface area contributed by atoms with Gasteiger partial charge in [-0.3, -0.25) is 9.35 Å². The SMILES string of the molecule is CCC(C)(C)C(=O)OCCOc1c(I)cc(C(=O)OC(C(F)(F)F)C(F)(F)S(=O)(=O)O)cc1I. The van der Waals surface area contributed by atoms with Crippen molar-refractivity contribution in [2.75, 3.05) is 13.2 Å². The van der Waals surface area contributed by atoms with E-state index < -0.39 is 50.6 Å². The zero-order valence-corrected chi connectivity index (χ0v) is 22.8. The maximum absolute atomic E-state index is 13.6. The first-order chi connectivity index (χ1) is 15.3. The third kappa shape index (κ3) is 7.74. The lowest BCUT2D eigenvalue weighted by atomic mass is 9.91. The molecule has 1 N–H and O–H groups in total. The molecule has 0 heterocycles. The lowest BCUT2D eigenvalue weighted by Gasteiger charge is -2.26. The number of carbonyl (C=O) groups is 2. The predicted molar refractivity (Wildman–Crippen MR) is 124 cm³/mol. The minimum Gasteiger partial charge on any atom is -0.488 e. The van der Waals surface area contributed by atoms with Gasteiger partial charge in [-0.1, -0.05) is 6.92 Å². The summed E-state index contributed by atoms with van der Waals surface area (Å²) in [5.41, 5.74) is -1.30. The van der Waals surface area contributed by atoms with Crippen molar-refractivity contribution in [1.29, 1.82) is 0 Å². The molecule has 0 aliphatic rings. The number of alkyl halides is 5. The van der Waals surface area contributed by atoms with Gasteiger partial charge in [0.2, 0.25) is 0 Å². The van der Waals surface area contributed by atoms with Crippen molar-refractivity contribution in [3.63, 3.8) is 0 Å². The Morgan fingerprint density at radius 3 is 1.97 bits per heavy atom. The molecule has 8 nitrogen and oxygen atoms in total. The van der Waals surface area contributed by atoms with Crippen molar-refractivity contribution in [2.45, 2.75) is 44.7 Å². The highest BCUT2D eigenvalue weighted by molar-refractivity contribution is 14.1. The molecule has 34 heavy (non-hydrogen) atoms. The highest BCUT2D eigenvalue weighted by Crippen LogP contribution is 2.39. The van der Waals surface area contributed by atoms with Crippen molar-refractivity contribution in [1.82, 2.24) is 0 Å². The summed E-state index contributed by atoms with van der Waals surface area (Å²) in [7, 11) is -6.56. The molecule has 0 aliphatic heterocycles. The summed E-state index contributed by atoms with van der Waals surface area (Å²) < 4.78 is 111. The molecule has 0 aromatic heterocycles. The summed E-state index contributed by atoms with van der Waals surface area (Å²) in [6.45, 7) is 5.01. The van der Waals surface area contributed by atoms with E-state index >= 15 is 0 Å². The molecule has 16 heteroatoms. The fourth-order valence-corrected chi connectivity index (χ4v) is 4.60. The van der Waals surface area contributed by atoms with Gasteiger partial charge in [-0.25, -0.2) is 4.79 Å². The van der Waals surface area contributed by atoms with Gasteiger partial charge in [-0.2, -0.15) is 30.4 Å². The Morgan fingerprint density at radius 2 is 1.56 bits per heavy atom. The Balaban J connectivity index is 3.00. The third-order valence-corrected chi connectivity index (χ3v) is 6.91. The smallest absolute Gasteiger partial charge is 0.432 e. The first-order valence-electron chi connectivity index (χ1n) is 9.17. The number of carbonyl (C=O) groups excluding carboxylic acids is 2. The van der Waals surface area contributed by atoms with Gasteiger partial charge in [0, 0.05) is 0 Å². The van der Waals surface area contributed by atoms with Crippen LogP contribution < -0.4 is 4.74 Å². The molecule has 1 aromatic rings. The van der Waals surface area contributed by atoms with E-state index in [1.165, 1.54) is 0 Å². The van der Waals surface area contributed by atoms with Crippen LogP contribution in [-0.4, -0.2) is 55.7 Å². The minimum absolute atomic E-state index is 0.0991. The first-order valence-corrected chi connectivity index (χ1v) is 12.8. The van der Waals surface area contributed by atoms with E-state index in [2.05, 4.69) is 4.74 Å². The van der Waals surface area contributed by atoms with E-state index in [9.17, 15) is 40.0 Å². The number of hydrogen-bond donors (Lipinski definition) is 1. The van der Waals surface area contributed by atoms with Gasteiger partial charge < -0.3 is 14.2 Å². The Bertz CT molecular complexity index is 1000. The van der Waals surface area contributed by atoms with Gasteiger partial charge in [0.25, 0.3) is 6.10 Å². The Hall–Kier alpha value is -1.02. The van der Waals surface area contributed by atoms with Crippen molar-refractivity contribution in [3.8, 4) is 5.75 Å². The Labute approximate surface area is 218 Å². The summed E-state index contributed by atoms with van der Waals surface area (Å²) in [5.74, 6) is -2.19. The normalized spacial score (nSPS) is 13.9. The molecule has 1 aromatic carbocycles. The van der Waals surface area contributed by atoms with Crippen LogP contribution in [0, 0.1) is 12.6 Å². The molecule has 0 amide bonds. The molecule has 1 rings (SSSR count). The lowest BCUT2D eigenvalue weighted by Crippen LogP contribution is -2.52. The fraction of sp³-hybridized carbons (Fsp3) is 0.556. The molecule has 0 saturated heterocycles. The Kier molecular flexibility index (Phi) is 10.4. The second kappa shape index (κ2) is 11.4. The predicted octanol–water partition coefficient (Wildman–Crippen LogP) is 4.82. The number of ether oxygens (including phenoxy) is 3. The standard InChI is InChI=1S/C18H19F5I2O8S/c1-4-16(2,3)15(27)32-6-5-31-12-10(24)7-9(8-11(12)25)13(26)33-14(17(19,20)21)18(22,23)34(28,29)30/h7-8,14H,4-6H2,1-3H3,(H,28,29,30). The molecule has 0 spiro atoms. The average molecular weight is 744 g/mol. The maximum atomic E-state index is 13.6. The zero-order chi connectivity index (χ0) is 26.7. The molecule has 0 radical (unpaired) electrons. The molecule has 0 bridgehead atoms. The maximum Gasteiger partial charge on any atom is 0.432 e. The number of hydrogen-bond acceptors (Lipinski definition) is 7. The highest BCUT2D eigenvalue weighted by atomic mass is 127. The lowest BCUT2D eigenvalue weighted by molar-refractivity contribution is -0.248. The van der Waals surface area contributed by atoms with E-state index in [1.54, 1.807) is 59.0 Å². The van der Waals surface area contributed by atoms with Crippen LogP contribution in [0.2, 0.25) is 0 Å². The average Bonchev–Trinajstić information content (AvgIpc) is 2.68. The van der Waals surface area contributed by atoms with E-state index in [4.69, 9.17) is 14.0 Å². The second-order valence-corrected chi connectivity index (χ2v) is 11.2. The largest absolute Gasteiger partial charge is 0.488 e. The van der Waals surface area contributed by atoms with E-state index in [-0.39, 0.29) is 26.1 Å². The molecule has 0 aliphatic carbocycles. The van der Waals surface area contributed by atoms with E-state index in [1.807, 2.05) is 6.92 Å². The number of benzene rings is 1. The Morgan fingerprint density at radius 1 is 1.06 bits per heavy atom. The topological polar surface area (TPSA) is 116 Å². The first kappa shape index (κ1) is 31.0. The molecule has 0 fully saturated rings. The van der Waals surface area contributed by atoms with Gasteiger partial charge in [0.1, 0.15) is 19.0 Å². The third-order valence-electron chi connectivity index (χ3n) is 4.40. The number of rotatable bonds is 10. The van der Waals surface area contributed by atoms with Gasteiger partial charge in [0.15, 0.2) is 0 Å². The zero-order valence-electron chi connectivity index (χ0n) is 17.7. The quantitative estimate of drug-likeness (QED) is 0.119. The van der Waals surface area contributed by atoms with Crippen LogP contribution in [0.5, 0.6) is 5.75 Å². The van der Waals surface area contributed by atoms with Crippen LogP contribution in [0.15, 0.2) is 12.1 Å². The minimum atomic E-state index is -6.56. The molecular formula is C18H19F5I2O8S. The highest BCUT2D eigenvalue weighted by Gasteiger charge is 2.66. The molecular weight excluding hydrogens is 725 g/mol. The number of esters is 2. The van der Waals surface area contributed by atoms with Crippen molar-refractivity contribution in [2.24, 2.45) is 5.41 Å². The van der Waals surface area contributed by atoms with Crippen LogP contribution in [0.25, 0.3) is 0 Å². The monoisotopic (exact) mass is 744 g/mol. The van der Waals surface area contributed by atoms with Crippen molar-refractivity contribution < 1.29 is 58.7 Å². The van der Waals surface area contributed by atoms with Crippen LogP contribution in [0.4, 0.5) is 22.0 Å². The molecule has 1 unspecified atom stereocenters. The van der Waals surface area contributed by atoms with Gasteiger partial charge in [-0.05, 0) is 77.6 Å². The van der Waals surface area contributed by atoms with Crippen molar-refractivity contribution in [3.05, 3.63) is 24.8 Å². The van der Waals surface area contributed by atoms with Crippen LogP contribution in [0.3, 0.4) is 0 Å². The van der Waals surface area contributed by atoms with Crippen LogP contribution in [0.1, 0.15) is 37.6 Å². The number of halogens is 7. The van der Waals surface area contributed by atoms with Gasteiger partial charge >= 0.3 is 33.5 Å². The van der Waals surface area contributed by atoms with Crippen molar-refractivity contribution >= 4 is 67.2 Å². The van der Waals surface area contributed by atoms with E-state index in [0.29, 0.717) is 6.42 Å². The molecule has 0 saturated carbocycles. The van der Waals surface area contributed by atoms with Gasteiger partial charge in [0.05, 0.1) is 18.1 Å². The fourth-order valence-electron chi connectivity index (χ4n) is 2.07. The summed E-state index contributed by atoms with van der Waals surface area (Å²) in [5, 5.41) is -5.84. The van der Waals surface area contributed by atoms with Crippen LogP contribution in [-0.2, 0) is 24.4 Å². The molecule has 194 valence electrons.